The van der Waals surface area contributed by atoms with Crippen molar-refractivity contribution in [1.82, 2.24) is 9.97 Å². The third-order valence-corrected chi connectivity index (χ3v) is 2.94. The fraction of sp³-hybridized carbons (Fsp3) is 0.273. The summed E-state index contributed by atoms with van der Waals surface area (Å²) in [7, 11) is 1.61. The number of pyridine rings is 1. The van der Waals surface area contributed by atoms with Crippen LogP contribution in [-0.4, -0.2) is 17.1 Å². The van der Waals surface area contributed by atoms with Gasteiger partial charge in [-0.05, 0) is 13.0 Å². The summed E-state index contributed by atoms with van der Waals surface area (Å²) in [5.74, 6) is 1.41. The number of rotatable bonds is 4. The number of nitrogens with zero attached hydrogens (tertiary/aromatic N) is 2. The molecular formula is C11H13N3OS. The van der Waals surface area contributed by atoms with Gasteiger partial charge in [0.1, 0.15) is 10.8 Å². The van der Waals surface area contributed by atoms with Gasteiger partial charge in [0.15, 0.2) is 0 Å². The molecular weight excluding hydrogens is 222 g/mol. The molecule has 0 aliphatic rings. The summed E-state index contributed by atoms with van der Waals surface area (Å²) in [6, 6.07) is 5.63. The van der Waals surface area contributed by atoms with Crippen molar-refractivity contribution in [2.24, 2.45) is 0 Å². The molecule has 5 heteroatoms. The first-order valence-electron chi connectivity index (χ1n) is 4.94. The van der Waals surface area contributed by atoms with Crippen LogP contribution in [-0.2, 0) is 6.54 Å². The van der Waals surface area contributed by atoms with Gasteiger partial charge in [-0.1, -0.05) is 6.07 Å². The third-order valence-electron chi connectivity index (χ3n) is 2.02. The van der Waals surface area contributed by atoms with Crippen molar-refractivity contribution in [3.05, 3.63) is 34.3 Å². The van der Waals surface area contributed by atoms with E-state index >= 15 is 0 Å². The summed E-state index contributed by atoms with van der Waals surface area (Å²) < 4.78 is 5.05. The maximum Gasteiger partial charge on any atom is 0.214 e. The number of hydrogen-bond acceptors (Lipinski definition) is 5. The number of nitrogens with one attached hydrogen (secondary N) is 1. The lowest BCUT2D eigenvalue weighted by Gasteiger charge is -2.04. The molecule has 0 amide bonds. The highest BCUT2D eigenvalue weighted by Gasteiger charge is 2.00. The molecule has 2 rings (SSSR count). The van der Waals surface area contributed by atoms with Gasteiger partial charge in [0.05, 0.1) is 13.7 Å². The molecule has 0 saturated carbocycles. The van der Waals surface area contributed by atoms with E-state index in [1.807, 2.05) is 31.3 Å². The number of methoxy groups -OCH3 is 1. The highest BCUT2D eigenvalue weighted by atomic mass is 32.1. The lowest BCUT2D eigenvalue weighted by molar-refractivity contribution is 0.398. The van der Waals surface area contributed by atoms with E-state index in [9.17, 15) is 0 Å². The molecule has 0 aliphatic carbocycles. The van der Waals surface area contributed by atoms with Crippen LogP contribution in [0, 0.1) is 6.92 Å². The normalized spacial score (nSPS) is 10.1. The van der Waals surface area contributed by atoms with Crippen molar-refractivity contribution < 1.29 is 4.74 Å². The van der Waals surface area contributed by atoms with Gasteiger partial charge in [-0.2, -0.15) is 4.98 Å². The number of hydrogen-bond donors (Lipinski definition) is 1. The van der Waals surface area contributed by atoms with Crippen molar-refractivity contribution >= 4 is 17.2 Å². The van der Waals surface area contributed by atoms with Gasteiger partial charge in [-0.15, -0.1) is 11.3 Å². The smallest absolute Gasteiger partial charge is 0.214 e. The second-order valence-corrected chi connectivity index (χ2v) is 4.60. The van der Waals surface area contributed by atoms with Crippen LogP contribution in [0.15, 0.2) is 24.4 Å². The standard InChI is InChI=1S/C11H13N3OS/c1-8-6-13-11(16-8)7-12-9-4-3-5-10(14-9)15-2/h3-6H,7H2,1-2H3,(H,12,14). The average molecular weight is 235 g/mol. The van der Waals surface area contributed by atoms with Crippen LogP contribution in [0.3, 0.4) is 0 Å². The maximum atomic E-state index is 5.05. The fourth-order valence-corrected chi connectivity index (χ4v) is 2.00. The maximum absolute atomic E-state index is 5.05. The topological polar surface area (TPSA) is 47.0 Å². The van der Waals surface area contributed by atoms with Crippen LogP contribution in [0.4, 0.5) is 5.82 Å². The van der Waals surface area contributed by atoms with Crippen molar-refractivity contribution in [1.29, 1.82) is 0 Å². The summed E-state index contributed by atoms with van der Waals surface area (Å²) in [5.41, 5.74) is 0. The number of ether oxygens (including phenoxy) is 1. The average Bonchev–Trinajstić information content (AvgIpc) is 2.73. The van der Waals surface area contributed by atoms with Gasteiger partial charge in [-0.3, -0.25) is 0 Å². The van der Waals surface area contributed by atoms with Gasteiger partial charge in [-0.25, -0.2) is 4.98 Å². The first-order valence-corrected chi connectivity index (χ1v) is 5.76. The van der Waals surface area contributed by atoms with E-state index in [1.54, 1.807) is 18.4 Å². The summed E-state index contributed by atoms with van der Waals surface area (Å²) >= 11 is 1.68. The van der Waals surface area contributed by atoms with E-state index in [0.717, 1.165) is 10.8 Å². The van der Waals surface area contributed by atoms with E-state index in [0.29, 0.717) is 12.4 Å². The molecule has 2 aromatic rings. The number of thiazole rings is 1. The molecule has 84 valence electrons. The molecule has 4 nitrogen and oxygen atoms in total. The lowest BCUT2D eigenvalue weighted by Crippen LogP contribution is -2.01. The molecule has 0 bridgehead atoms. The third kappa shape index (κ3) is 2.70. The Hall–Kier alpha value is -1.62. The van der Waals surface area contributed by atoms with Crippen molar-refractivity contribution in [2.75, 3.05) is 12.4 Å². The van der Waals surface area contributed by atoms with E-state index in [4.69, 9.17) is 4.74 Å². The Bertz CT molecular complexity index is 470. The summed E-state index contributed by atoms with van der Waals surface area (Å²) in [4.78, 5) is 9.75. The predicted octanol–water partition coefficient (Wildman–Crippen LogP) is 2.47. The predicted molar refractivity (Wildman–Crippen MR) is 65.0 cm³/mol. The highest BCUT2D eigenvalue weighted by Crippen LogP contribution is 2.14. The van der Waals surface area contributed by atoms with Crippen LogP contribution in [0.25, 0.3) is 0 Å². The zero-order valence-corrected chi connectivity index (χ0v) is 10.0. The van der Waals surface area contributed by atoms with Gasteiger partial charge < -0.3 is 10.1 Å². The molecule has 0 saturated heterocycles. The minimum Gasteiger partial charge on any atom is -0.481 e. The lowest BCUT2D eigenvalue weighted by atomic mass is 10.4. The van der Waals surface area contributed by atoms with Crippen molar-refractivity contribution in [3.63, 3.8) is 0 Å². The molecule has 0 radical (unpaired) electrons. The molecule has 1 N–H and O–H groups in total. The number of aryl methyl sites for hydroxylation is 1. The highest BCUT2D eigenvalue weighted by molar-refractivity contribution is 7.11. The van der Waals surface area contributed by atoms with Crippen LogP contribution in [0.1, 0.15) is 9.88 Å². The molecule has 2 aromatic heterocycles. The Morgan fingerprint density at radius 2 is 2.31 bits per heavy atom. The van der Waals surface area contributed by atoms with Gasteiger partial charge in [0.25, 0.3) is 0 Å². The minimum absolute atomic E-state index is 0.611. The van der Waals surface area contributed by atoms with Crippen molar-refractivity contribution in [3.8, 4) is 5.88 Å². The Morgan fingerprint density at radius 3 is 3.00 bits per heavy atom. The van der Waals surface area contributed by atoms with E-state index in [1.165, 1.54) is 4.88 Å². The molecule has 0 aromatic carbocycles. The monoisotopic (exact) mass is 235 g/mol. The van der Waals surface area contributed by atoms with E-state index in [-0.39, 0.29) is 0 Å². The minimum atomic E-state index is 0.611. The molecule has 0 unspecified atom stereocenters. The van der Waals surface area contributed by atoms with Gasteiger partial charge in [0.2, 0.25) is 5.88 Å². The summed E-state index contributed by atoms with van der Waals surface area (Å²) in [6.45, 7) is 2.74. The second-order valence-electron chi connectivity index (χ2n) is 3.28. The zero-order chi connectivity index (χ0) is 11.4. The van der Waals surface area contributed by atoms with E-state index in [2.05, 4.69) is 15.3 Å². The SMILES string of the molecule is COc1cccc(NCc2ncc(C)s2)n1. The first-order chi connectivity index (χ1) is 7.78. The number of anilines is 1. The van der Waals surface area contributed by atoms with Gasteiger partial charge >= 0.3 is 0 Å². The Balaban J connectivity index is 1.99. The Morgan fingerprint density at radius 1 is 1.44 bits per heavy atom. The van der Waals surface area contributed by atoms with Crippen LogP contribution < -0.4 is 10.1 Å². The molecule has 0 aliphatic heterocycles. The summed E-state index contributed by atoms with van der Waals surface area (Å²) in [6.07, 6.45) is 1.88. The second kappa shape index (κ2) is 4.94. The van der Waals surface area contributed by atoms with Crippen LogP contribution in [0.5, 0.6) is 5.88 Å². The zero-order valence-electron chi connectivity index (χ0n) is 9.23. The molecule has 2 heterocycles. The molecule has 0 spiro atoms. The first kappa shape index (κ1) is 10.9. The van der Waals surface area contributed by atoms with Crippen molar-refractivity contribution in [2.45, 2.75) is 13.5 Å². The van der Waals surface area contributed by atoms with E-state index < -0.39 is 0 Å². The summed E-state index contributed by atoms with van der Waals surface area (Å²) in [5, 5.41) is 4.26. The van der Waals surface area contributed by atoms with Gasteiger partial charge in [0, 0.05) is 17.1 Å². The van der Waals surface area contributed by atoms with Crippen LogP contribution in [0.2, 0.25) is 0 Å². The fourth-order valence-electron chi connectivity index (χ4n) is 1.28. The Labute approximate surface area is 98.3 Å². The Kier molecular flexibility index (Phi) is 3.36. The molecule has 16 heavy (non-hydrogen) atoms. The molecule has 0 fully saturated rings. The number of aromatic nitrogens is 2. The molecule has 0 atom stereocenters. The largest absolute Gasteiger partial charge is 0.481 e. The quantitative estimate of drug-likeness (QED) is 0.884. The van der Waals surface area contributed by atoms with Crippen LogP contribution >= 0.6 is 11.3 Å².